The summed E-state index contributed by atoms with van der Waals surface area (Å²) in [5.41, 5.74) is 1.67. The molecule has 0 amide bonds. The molecular weight excluding hydrogens is 314 g/mol. The lowest BCUT2D eigenvalue weighted by molar-refractivity contribution is 0.0726. The molecule has 1 atom stereocenters. The molecule has 0 spiro atoms. The summed E-state index contributed by atoms with van der Waals surface area (Å²) in [5, 5.41) is 10.5. The van der Waals surface area contributed by atoms with Gasteiger partial charge in [0, 0.05) is 18.0 Å². The molecule has 1 heterocycles. The second-order valence-corrected chi connectivity index (χ2v) is 6.60. The van der Waals surface area contributed by atoms with Crippen molar-refractivity contribution in [3.63, 3.8) is 0 Å². The quantitative estimate of drug-likeness (QED) is 0.820. The van der Waals surface area contributed by atoms with Crippen molar-refractivity contribution < 1.29 is 14.6 Å². The van der Waals surface area contributed by atoms with Gasteiger partial charge in [-0.2, -0.15) is 0 Å². The third kappa shape index (κ3) is 4.47. The van der Waals surface area contributed by atoms with Gasteiger partial charge in [-0.05, 0) is 43.6 Å². The van der Waals surface area contributed by atoms with Crippen molar-refractivity contribution in [3.05, 3.63) is 65.7 Å². The number of ketones is 1. The van der Waals surface area contributed by atoms with E-state index in [0.29, 0.717) is 6.54 Å². The second-order valence-electron chi connectivity index (χ2n) is 6.60. The number of Topliss-reactive ketones (excluding diaryl/α,β-unsaturated/α-hetero) is 1. The number of hydrogen-bond donors (Lipinski definition) is 1. The van der Waals surface area contributed by atoms with Gasteiger partial charge in [0.15, 0.2) is 5.78 Å². The zero-order valence-corrected chi connectivity index (χ0v) is 14.6. The Morgan fingerprint density at radius 2 is 1.88 bits per heavy atom. The van der Waals surface area contributed by atoms with Crippen molar-refractivity contribution in [1.82, 2.24) is 4.90 Å². The van der Waals surface area contributed by atoms with E-state index in [0.717, 1.165) is 42.8 Å². The molecule has 0 bridgehead atoms. The van der Waals surface area contributed by atoms with Gasteiger partial charge in [0.2, 0.25) is 0 Å². The summed E-state index contributed by atoms with van der Waals surface area (Å²) in [4.78, 5) is 14.8. The minimum atomic E-state index is -0.545. The summed E-state index contributed by atoms with van der Waals surface area (Å²) in [6, 6.07) is 17.1. The van der Waals surface area contributed by atoms with Gasteiger partial charge in [-0.3, -0.25) is 4.79 Å². The van der Waals surface area contributed by atoms with Gasteiger partial charge in [-0.1, -0.05) is 42.5 Å². The first-order valence-corrected chi connectivity index (χ1v) is 8.81. The average molecular weight is 339 g/mol. The summed E-state index contributed by atoms with van der Waals surface area (Å²) in [7, 11) is 1.63. The molecule has 0 radical (unpaired) electrons. The first kappa shape index (κ1) is 17.6. The predicted octanol–water partition coefficient (Wildman–Crippen LogP) is 3.32. The van der Waals surface area contributed by atoms with E-state index in [2.05, 4.69) is 4.90 Å². The highest BCUT2D eigenvalue weighted by molar-refractivity contribution is 5.97. The monoisotopic (exact) mass is 339 g/mol. The number of rotatable bonds is 6. The summed E-state index contributed by atoms with van der Waals surface area (Å²) < 4.78 is 5.22. The number of likely N-dealkylation sites (tertiary alicyclic amines) is 1. The first-order chi connectivity index (χ1) is 12.2. The highest BCUT2D eigenvalue weighted by Crippen LogP contribution is 2.25. The van der Waals surface area contributed by atoms with Gasteiger partial charge in [-0.15, -0.1) is 0 Å². The molecule has 1 aliphatic heterocycles. The van der Waals surface area contributed by atoms with Gasteiger partial charge in [0.05, 0.1) is 13.2 Å². The molecule has 2 aromatic rings. The molecule has 2 aromatic carbocycles. The van der Waals surface area contributed by atoms with E-state index in [9.17, 15) is 9.90 Å². The third-order valence-electron chi connectivity index (χ3n) is 4.93. The highest BCUT2D eigenvalue weighted by atomic mass is 16.5. The van der Waals surface area contributed by atoms with Crippen LogP contribution in [0.3, 0.4) is 0 Å². The van der Waals surface area contributed by atoms with Crippen molar-refractivity contribution in [2.24, 2.45) is 5.92 Å². The summed E-state index contributed by atoms with van der Waals surface area (Å²) in [5.74, 6) is 1.09. The molecule has 4 nitrogen and oxygen atoms in total. The number of nitrogens with zero attached hydrogens (tertiary/aromatic N) is 1. The van der Waals surface area contributed by atoms with E-state index in [1.807, 2.05) is 54.6 Å². The Bertz CT molecular complexity index is 693. The fraction of sp³-hybridized carbons (Fsp3) is 0.381. The van der Waals surface area contributed by atoms with Crippen LogP contribution in [0.1, 0.15) is 34.9 Å². The van der Waals surface area contributed by atoms with Crippen LogP contribution in [0.4, 0.5) is 0 Å². The van der Waals surface area contributed by atoms with E-state index < -0.39 is 6.10 Å². The van der Waals surface area contributed by atoms with Crippen LogP contribution in [0.5, 0.6) is 5.75 Å². The lowest BCUT2D eigenvalue weighted by atomic mass is 9.88. The minimum absolute atomic E-state index is 0.0904. The average Bonchev–Trinajstić information content (AvgIpc) is 2.68. The van der Waals surface area contributed by atoms with Crippen LogP contribution in [0.2, 0.25) is 0 Å². The zero-order valence-electron chi connectivity index (χ0n) is 14.6. The third-order valence-corrected chi connectivity index (χ3v) is 4.93. The Hall–Kier alpha value is -2.17. The maximum Gasteiger partial charge on any atom is 0.166 e. The van der Waals surface area contributed by atoms with Crippen molar-refractivity contribution in [1.29, 1.82) is 0 Å². The van der Waals surface area contributed by atoms with Crippen LogP contribution in [-0.2, 0) is 0 Å². The van der Waals surface area contributed by atoms with Crippen LogP contribution < -0.4 is 4.74 Å². The summed E-state index contributed by atoms with van der Waals surface area (Å²) >= 11 is 0. The molecule has 0 aliphatic carbocycles. The van der Waals surface area contributed by atoms with Gasteiger partial charge >= 0.3 is 0 Å². The molecule has 1 unspecified atom stereocenters. The van der Waals surface area contributed by atoms with Crippen molar-refractivity contribution in [2.75, 3.05) is 26.7 Å². The van der Waals surface area contributed by atoms with Crippen molar-refractivity contribution in [2.45, 2.75) is 18.9 Å². The number of β-amino-alcohol motifs (C(OH)–C–C–N with tert-alkyl or cyclic N) is 1. The number of aliphatic hydroxyl groups excluding tert-OH is 1. The molecule has 3 rings (SSSR count). The van der Waals surface area contributed by atoms with Crippen LogP contribution >= 0.6 is 0 Å². The number of methoxy groups -OCH3 is 1. The van der Waals surface area contributed by atoms with Crippen LogP contribution in [0.25, 0.3) is 0 Å². The molecule has 25 heavy (non-hydrogen) atoms. The maximum atomic E-state index is 12.5. The van der Waals surface area contributed by atoms with E-state index in [4.69, 9.17) is 4.74 Å². The van der Waals surface area contributed by atoms with Crippen molar-refractivity contribution >= 4 is 5.78 Å². The topological polar surface area (TPSA) is 49.8 Å². The molecule has 1 fully saturated rings. The van der Waals surface area contributed by atoms with Gasteiger partial charge in [0.1, 0.15) is 5.75 Å². The van der Waals surface area contributed by atoms with E-state index in [1.165, 1.54) is 0 Å². The normalized spacial score (nSPS) is 17.2. The Labute approximate surface area is 149 Å². The Morgan fingerprint density at radius 1 is 1.16 bits per heavy atom. The van der Waals surface area contributed by atoms with E-state index in [1.54, 1.807) is 7.11 Å². The fourth-order valence-electron chi connectivity index (χ4n) is 3.41. The maximum absolute atomic E-state index is 12.5. The predicted molar refractivity (Wildman–Crippen MR) is 97.9 cm³/mol. The lowest BCUT2D eigenvalue weighted by Gasteiger charge is -2.32. The molecule has 1 N–H and O–H groups in total. The Morgan fingerprint density at radius 3 is 2.56 bits per heavy atom. The zero-order chi connectivity index (χ0) is 17.6. The smallest absolute Gasteiger partial charge is 0.166 e. The van der Waals surface area contributed by atoms with Gasteiger partial charge in [-0.25, -0.2) is 0 Å². The van der Waals surface area contributed by atoms with E-state index in [-0.39, 0.29) is 11.7 Å². The Kier molecular flexibility index (Phi) is 5.84. The highest BCUT2D eigenvalue weighted by Gasteiger charge is 2.26. The van der Waals surface area contributed by atoms with E-state index >= 15 is 0 Å². The lowest BCUT2D eigenvalue weighted by Crippen LogP contribution is -2.38. The van der Waals surface area contributed by atoms with Crippen molar-refractivity contribution in [3.8, 4) is 5.75 Å². The molecule has 0 aromatic heterocycles. The first-order valence-electron chi connectivity index (χ1n) is 8.81. The van der Waals surface area contributed by atoms with Gasteiger partial charge < -0.3 is 14.7 Å². The number of carbonyl (C=O) groups is 1. The summed E-state index contributed by atoms with van der Waals surface area (Å²) in [6.07, 6.45) is 1.15. The standard InChI is InChI=1S/C21H25NO3/c1-25-19-9-5-8-18(14-19)20(23)15-22-12-10-17(11-13-22)21(24)16-6-3-2-4-7-16/h2-9,14,17,20,23H,10-13,15H2,1H3. The number of carbonyl (C=O) groups excluding carboxylic acids is 1. The van der Waals surface area contributed by atoms with Crippen LogP contribution in [-0.4, -0.2) is 42.5 Å². The summed E-state index contributed by atoms with van der Waals surface area (Å²) in [6.45, 7) is 2.26. The Balaban J connectivity index is 1.53. The number of benzene rings is 2. The molecule has 1 saturated heterocycles. The molecule has 4 heteroatoms. The number of ether oxygens (including phenoxy) is 1. The number of hydrogen-bond acceptors (Lipinski definition) is 4. The fourth-order valence-corrected chi connectivity index (χ4v) is 3.41. The van der Waals surface area contributed by atoms with Gasteiger partial charge in [0.25, 0.3) is 0 Å². The molecular formula is C21H25NO3. The molecule has 0 saturated carbocycles. The second kappa shape index (κ2) is 8.28. The largest absolute Gasteiger partial charge is 0.497 e. The molecule has 132 valence electrons. The van der Waals surface area contributed by atoms with Crippen LogP contribution in [0.15, 0.2) is 54.6 Å². The number of aliphatic hydroxyl groups is 1. The molecule has 1 aliphatic rings. The van der Waals surface area contributed by atoms with Crippen LogP contribution in [0, 0.1) is 5.92 Å². The SMILES string of the molecule is COc1cccc(C(O)CN2CCC(C(=O)c3ccccc3)CC2)c1. The number of piperidine rings is 1. The minimum Gasteiger partial charge on any atom is -0.497 e.